The first-order chi connectivity index (χ1) is 9.06. The van der Waals surface area contributed by atoms with Crippen LogP contribution in [0.2, 0.25) is 0 Å². The van der Waals surface area contributed by atoms with Crippen molar-refractivity contribution in [2.45, 2.75) is 18.7 Å². The van der Waals surface area contributed by atoms with Gasteiger partial charge in [-0.2, -0.15) is 0 Å². The molecule has 0 unspecified atom stereocenters. The van der Waals surface area contributed by atoms with Gasteiger partial charge in [-0.1, -0.05) is 23.8 Å². The minimum Gasteiger partial charge on any atom is -0.293 e. The number of ketones is 1. The molecule has 0 radical (unpaired) electrons. The summed E-state index contributed by atoms with van der Waals surface area (Å²) in [6, 6.07) is 12.3. The van der Waals surface area contributed by atoms with E-state index < -0.39 is 0 Å². The van der Waals surface area contributed by atoms with Gasteiger partial charge in [0.15, 0.2) is 5.78 Å². The monoisotopic (exact) mass is 274 g/mol. The highest BCUT2D eigenvalue weighted by Crippen LogP contribution is 2.21. The lowest BCUT2D eigenvalue weighted by molar-refractivity contribution is 0.102. The summed E-state index contributed by atoms with van der Waals surface area (Å²) < 4.78 is 13.2. The third-order valence-corrected chi connectivity index (χ3v) is 3.85. The van der Waals surface area contributed by atoms with E-state index in [1.54, 1.807) is 6.07 Å². The minimum atomic E-state index is -0.366. The Bertz CT molecular complexity index is 607. The van der Waals surface area contributed by atoms with Gasteiger partial charge in [0.2, 0.25) is 0 Å². The third-order valence-electron chi connectivity index (χ3n) is 2.86. The molecule has 0 aliphatic carbocycles. The molecule has 2 aromatic rings. The summed E-state index contributed by atoms with van der Waals surface area (Å²) in [5.41, 5.74) is 2.45. The van der Waals surface area contributed by atoms with Gasteiger partial charge in [-0.3, -0.25) is 4.79 Å². The quantitative estimate of drug-likeness (QED) is 0.606. The molecular formula is C16H15FOS. The molecule has 0 aliphatic rings. The molecule has 1 nitrogen and oxygen atoms in total. The van der Waals surface area contributed by atoms with Gasteiger partial charge in [-0.15, -0.1) is 11.8 Å². The van der Waals surface area contributed by atoms with E-state index in [-0.39, 0.29) is 11.6 Å². The van der Waals surface area contributed by atoms with Crippen LogP contribution in [-0.4, -0.2) is 11.5 Å². The van der Waals surface area contributed by atoms with E-state index in [1.807, 2.05) is 38.1 Å². The second-order valence-corrected chi connectivity index (χ2v) is 5.54. The fourth-order valence-electron chi connectivity index (χ4n) is 1.83. The summed E-state index contributed by atoms with van der Waals surface area (Å²) in [5, 5.41) is 0. The standard InChI is InChI=1S/C16H15FOS/c1-11-4-3-5-14(8-11)19-10-16(18)15-9-13(17)7-6-12(15)2/h3-9H,10H2,1-2H3. The number of Topliss-reactive ketones (excluding diaryl/α,β-unsaturated/α-hetero) is 1. The number of benzene rings is 2. The maximum absolute atomic E-state index is 13.2. The van der Waals surface area contributed by atoms with Gasteiger partial charge in [0, 0.05) is 10.5 Å². The highest BCUT2D eigenvalue weighted by molar-refractivity contribution is 8.00. The summed E-state index contributed by atoms with van der Waals surface area (Å²) >= 11 is 1.48. The first-order valence-electron chi connectivity index (χ1n) is 6.05. The Morgan fingerprint density at radius 3 is 2.68 bits per heavy atom. The molecule has 0 atom stereocenters. The van der Waals surface area contributed by atoms with E-state index in [0.29, 0.717) is 11.3 Å². The van der Waals surface area contributed by atoms with Gasteiger partial charge in [0.25, 0.3) is 0 Å². The summed E-state index contributed by atoms with van der Waals surface area (Å²) in [5.74, 6) is -0.0775. The maximum atomic E-state index is 13.2. The fraction of sp³-hybridized carbons (Fsp3) is 0.188. The van der Waals surface area contributed by atoms with Gasteiger partial charge >= 0.3 is 0 Å². The van der Waals surface area contributed by atoms with Crippen molar-refractivity contribution in [3.63, 3.8) is 0 Å². The second kappa shape index (κ2) is 6.02. The van der Waals surface area contributed by atoms with Gasteiger partial charge < -0.3 is 0 Å². The molecule has 0 aromatic heterocycles. The van der Waals surface area contributed by atoms with Gasteiger partial charge in [-0.25, -0.2) is 4.39 Å². The molecule has 0 saturated carbocycles. The van der Waals surface area contributed by atoms with E-state index >= 15 is 0 Å². The lowest BCUT2D eigenvalue weighted by Crippen LogP contribution is -2.05. The van der Waals surface area contributed by atoms with Crippen molar-refractivity contribution < 1.29 is 9.18 Å². The van der Waals surface area contributed by atoms with Crippen molar-refractivity contribution in [2.75, 3.05) is 5.75 Å². The zero-order chi connectivity index (χ0) is 13.8. The van der Waals surface area contributed by atoms with Crippen molar-refractivity contribution in [2.24, 2.45) is 0 Å². The van der Waals surface area contributed by atoms with Crippen LogP contribution in [0.15, 0.2) is 47.4 Å². The molecule has 0 saturated heterocycles. The summed E-state index contributed by atoms with van der Waals surface area (Å²) in [7, 11) is 0. The Morgan fingerprint density at radius 1 is 1.16 bits per heavy atom. The highest BCUT2D eigenvalue weighted by Gasteiger charge is 2.10. The van der Waals surface area contributed by atoms with Crippen molar-refractivity contribution in [1.29, 1.82) is 0 Å². The molecule has 2 aromatic carbocycles. The van der Waals surface area contributed by atoms with Gasteiger partial charge in [-0.05, 0) is 43.7 Å². The summed E-state index contributed by atoms with van der Waals surface area (Å²) in [6.45, 7) is 3.84. The van der Waals surface area contributed by atoms with Gasteiger partial charge in [0.1, 0.15) is 5.82 Å². The number of carbonyl (C=O) groups excluding carboxylic acids is 1. The maximum Gasteiger partial charge on any atom is 0.173 e. The Labute approximate surface area is 116 Å². The van der Waals surface area contributed by atoms with Crippen LogP contribution in [0.1, 0.15) is 21.5 Å². The number of halogens is 1. The smallest absolute Gasteiger partial charge is 0.173 e. The molecule has 98 valence electrons. The molecule has 0 N–H and O–H groups in total. The Balaban J connectivity index is 2.07. The van der Waals surface area contributed by atoms with E-state index in [1.165, 1.54) is 29.5 Å². The highest BCUT2D eigenvalue weighted by atomic mass is 32.2. The molecule has 0 heterocycles. The molecule has 0 fully saturated rings. The minimum absolute atomic E-state index is 0.0384. The second-order valence-electron chi connectivity index (χ2n) is 4.49. The summed E-state index contributed by atoms with van der Waals surface area (Å²) in [4.78, 5) is 13.1. The fourth-order valence-corrected chi connectivity index (χ4v) is 2.72. The summed E-state index contributed by atoms with van der Waals surface area (Å²) in [6.07, 6.45) is 0. The number of thioether (sulfide) groups is 1. The average Bonchev–Trinajstić information content (AvgIpc) is 2.39. The van der Waals surface area contributed by atoms with Crippen molar-refractivity contribution in [3.05, 3.63) is 65.0 Å². The van der Waals surface area contributed by atoms with E-state index in [9.17, 15) is 9.18 Å². The Kier molecular flexibility index (Phi) is 4.38. The van der Waals surface area contributed by atoms with Crippen LogP contribution in [0.5, 0.6) is 0 Å². The predicted molar refractivity (Wildman–Crippen MR) is 77.4 cm³/mol. The molecule has 0 bridgehead atoms. The van der Waals surface area contributed by atoms with Crippen molar-refractivity contribution in [3.8, 4) is 0 Å². The van der Waals surface area contributed by atoms with Crippen LogP contribution in [0, 0.1) is 19.7 Å². The average molecular weight is 274 g/mol. The van der Waals surface area contributed by atoms with E-state index in [0.717, 1.165) is 10.5 Å². The van der Waals surface area contributed by atoms with E-state index in [4.69, 9.17) is 0 Å². The van der Waals surface area contributed by atoms with Crippen molar-refractivity contribution in [1.82, 2.24) is 0 Å². The van der Waals surface area contributed by atoms with Crippen molar-refractivity contribution >= 4 is 17.5 Å². The number of rotatable bonds is 4. The van der Waals surface area contributed by atoms with Crippen LogP contribution in [-0.2, 0) is 0 Å². The van der Waals surface area contributed by atoms with Gasteiger partial charge in [0.05, 0.1) is 5.75 Å². The zero-order valence-corrected chi connectivity index (χ0v) is 11.8. The lowest BCUT2D eigenvalue weighted by Gasteiger charge is -2.05. The van der Waals surface area contributed by atoms with Crippen LogP contribution in [0.4, 0.5) is 4.39 Å². The van der Waals surface area contributed by atoms with Crippen LogP contribution < -0.4 is 0 Å². The molecule has 2 rings (SSSR count). The molecule has 19 heavy (non-hydrogen) atoms. The topological polar surface area (TPSA) is 17.1 Å². The number of carbonyl (C=O) groups is 1. The third kappa shape index (κ3) is 3.67. The number of hydrogen-bond donors (Lipinski definition) is 0. The zero-order valence-electron chi connectivity index (χ0n) is 10.9. The lowest BCUT2D eigenvalue weighted by atomic mass is 10.1. The molecular weight excluding hydrogens is 259 g/mol. The Morgan fingerprint density at radius 2 is 1.95 bits per heavy atom. The Hall–Kier alpha value is -1.61. The van der Waals surface area contributed by atoms with Crippen LogP contribution >= 0.6 is 11.8 Å². The molecule has 0 aliphatic heterocycles. The number of hydrogen-bond acceptors (Lipinski definition) is 2. The molecule has 0 amide bonds. The van der Waals surface area contributed by atoms with E-state index in [2.05, 4.69) is 0 Å². The first kappa shape index (κ1) is 13.8. The normalized spacial score (nSPS) is 10.5. The predicted octanol–water partition coefficient (Wildman–Crippen LogP) is 4.42. The molecule has 3 heteroatoms. The first-order valence-corrected chi connectivity index (χ1v) is 7.03. The van der Waals surface area contributed by atoms with Crippen LogP contribution in [0.3, 0.4) is 0 Å². The molecule has 0 spiro atoms. The van der Waals surface area contributed by atoms with Crippen LogP contribution in [0.25, 0.3) is 0 Å². The number of aryl methyl sites for hydroxylation is 2. The largest absolute Gasteiger partial charge is 0.293 e. The SMILES string of the molecule is Cc1cccc(SCC(=O)c2cc(F)ccc2C)c1.